The van der Waals surface area contributed by atoms with Gasteiger partial charge in [0.05, 0.1) is 31.9 Å². The van der Waals surface area contributed by atoms with Gasteiger partial charge in [-0.1, -0.05) is 146 Å². The number of para-hydroxylation sites is 2. The first-order valence-electron chi connectivity index (χ1n) is 25.2. The Labute approximate surface area is 424 Å². The van der Waals surface area contributed by atoms with E-state index >= 15 is 0 Å². The molecule has 1 aliphatic carbocycles. The predicted octanol–water partition coefficient (Wildman–Crippen LogP) is 17.2. The number of nitrogens with zero attached hydrogens (tertiary/aromatic N) is 2. The van der Waals surface area contributed by atoms with Gasteiger partial charge in [0.15, 0.2) is 0 Å². The minimum atomic E-state index is -3.01. The normalized spacial score (nSPS) is 14.8. The Morgan fingerprint density at radius 3 is 1.77 bits per heavy atom. The van der Waals surface area contributed by atoms with Crippen LogP contribution in [0.2, 0.25) is 0 Å². The van der Waals surface area contributed by atoms with E-state index in [9.17, 15) is 4.21 Å². The molecule has 1 atom stereocenters. The Bertz CT molecular complexity index is 4570. The molecule has 0 bridgehead atoms. The minimum Gasteiger partial charge on any atom is -0.309 e. The molecule has 3 heterocycles. The molecule has 4 nitrogen and oxygen atoms in total. The van der Waals surface area contributed by atoms with Crippen molar-refractivity contribution in [3.63, 3.8) is 0 Å². The maximum absolute atomic E-state index is 13.6. The van der Waals surface area contributed by atoms with Gasteiger partial charge in [-0.05, 0) is 177 Å². The van der Waals surface area contributed by atoms with Gasteiger partial charge in [-0.3, -0.25) is 0 Å². The highest BCUT2D eigenvalue weighted by Gasteiger charge is 2.30. The van der Waals surface area contributed by atoms with Crippen molar-refractivity contribution >= 4 is 64.1 Å². The zero-order valence-corrected chi connectivity index (χ0v) is 41.0. The number of nitrogens with one attached hydrogen (secondary N) is 1. The topological polar surface area (TPSA) is 50.8 Å². The van der Waals surface area contributed by atoms with Gasteiger partial charge in [-0.15, -0.1) is 0 Å². The summed E-state index contributed by atoms with van der Waals surface area (Å²) < 4.78 is 27.2. The van der Waals surface area contributed by atoms with Crippen LogP contribution in [-0.2, 0) is 29.0 Å². The highest BCUT2D eigenvalue weighted by molar-refractivity contribution is 7.93. The van der Waals surface area contributed by atoms with Crippen LogP contribution in [0.5, 0.6) is 0 Å². The molecular weight excluding hydrogens is 907 g/mol. The number of fused-ring (bicyclic) bond motifs is 12. The average molecular weight is 954 g/mol. The number of aromatic nitrogens is 2. The lowest BCUT2D eigenvalue weighted by Crippen LogP contribution is -2.08. The maximum Gasteiger partial charge on any atom is 0.102 e. The molecular formula is C68H47N3OS. The maximum atomic E-state index is 13.6. The van der Waals surface area contributed by atoms with Crippen molar-refractivity contribution in [1.82, 2.24) is 9.13 Å². The fourth-order valence-electron chi connectivity index (χ4n) is 12.4. The van der Waals surface area contributed by atoms with Crippen LogP contribution in [0.25, 0.3) is 99.1 Å². The molecule has 0 spiro atoms. The zero-order chi connectivity index (χ0) is 48.5. The molecule has 15 rings (SSSR count). The first-order valence-corrected chi connectivity index (χ1v) is 26.8. The summed E-state index contributed by atoms with van der Waals surface area (Å²) in [5.41, 5.74) is 23.1. The Morgan fingerprint density at radius 1 is 0.411 bits per heavy atom. The molecule has 0 radical (unpaired) electrons. The van der Waals surface area contributed by atoms with Crippen molar-refractivity contribution in [3.8, 4) is 44.8 Å². The van der Waals surface area contributed by atoms with Gasteiger partial charge in [0.2, 0.25) is 0 Å². The summed E-state index contributed by atoms with van der Waals surface area (Å²) >= 11 is 0. The van der Waals surface area contributed by atoms with E-state index in [1.54, 1.807) is 0 Å². The fourth-order valence-corrected chi connectivity index (χ4v) is 14.2. The molecule has 0 amide bonds. The second-order valence-electron chi connectivity index (χ2n) is 20.2. The quantitative estimate of drug-likeness (QED) is 0.177. The smallest absolute Gasteiger partial charge is 0.102 e. The third-order valence-electron chi connectivity index (χ3n) is 16.0. The summed E-state index contributed by atoms with van der Waals surface area (Å²) in [6, 6.07) is 81.7. The van der Waals surface area contributed by atoms with Crippen molar-refractivity contribution in [2.45, 2.75) is 36.0 Å². The lowest BCUT2D eigenvalue weighted by Gasteiger charge is -2.22. The summed E-state index contributed by atoms with van der Waals surface area (Å²) in [5, 5.41) is 7.44. The Balaban J connectivity index is 0.825. The standard InChI is InChI=1S/C68H47N3OS/c1-42-12-2-4-14-55(42)56-15-5-3-13-48(56)32-43-22-29-65-60(33-43)61-41-54(71-63-19-9-6-16-57(63)58-17-7-10-20-64(58)71)28-30-66(61)70(65)53-27-25-46-36-50-37-49-34-44(23-24-45(49)35-51(50)38-52(46)39-53)47-26-31-68-62(40-47)59-18-8-11-21-67(59)73(68,69)72/h2-31,33-35,37,39-41,69H,32,36,38H2,1H3. The molecule has 11 aromatic carbocycles. The highest BCUT2D eigenvalue weighted by atomic mass is 32.2. The Kier molecular flexibility index (Phi) is 9.12. The van der Waals surface area contributed by atoms with Crippen LogP contribution >= 0.6 is 0 Å². The molecule has 0 saturated carbocycles. The molecule has 5 heteroatoms. The Hall–Kier alpha value is -8.77. The van der Waals surface area contributed by atoms with E-state index < -0.39 is 9.73 Å². The lowest BCUT2D eigenvalue weighted by molar-refractivity contribution is 0.676. The third-order valence-corrected chi connectivity index (χ3v) is 17.9. The summed E-state index contributed by atoms with van der Waals surface area (Å²) in [6.07, 6.45) is 2.57. The summed E-state index contributed by atoms with van der Waals surface area (Å²) in [7, 11) is -3.01. The lowest BCUT2D eigenvalue weighted by atomic mass is 9.84. The van der Waals surface area contributed by atoms with Crippen LogP contribution < -0.4 is 0 Å². The second-order valence-corrected chi connectivity index (χ2v) is 22.2. The van der Waals surface area contributed by atoms with Crippen LogP contribution in [0.15, 0.2) is 234 Å². The number of hydrogen-bond acceptors (Lipinski definition) is 2. The van der Waals surface area contributed by atoms with E-state index in [1.807, 2.05) is 36.4 Å². The largest absolute Gasteiger partial charge is 0.309 e. The number of aryl methyl sites for hydroxylation is 1. The van der Waals surface area contributed by atoms with Crippen molar-refractivity contribution in [2.75, 3.05) is 0 Å². The first kappa shape index (κ1) is 42.0. The van der Waals surface area contributed by atoms with Crippen LogP contribution in [0.1, 0.15) is 38.9 Å². The van der Waals surface area contributed by atoms with Crippen LogP contribution in [-0.4, -0.2) is 13.3 Å². The van der Waals surface area contributed by atoms with Crippen molar-refractivity contribution < 1.29 is 4.21 Å². The van der Waals surface area contributed by atoms with Crippen molar-refractivity contribution in [3.05, 3.63) is 263 Å². The van der Waals surface area contributed by atoms with Gasteiger partial charge >= 0.3 is 0 Å². The number of hydrogen-bond donors (Lipinski definition) is 1. The van der Waals surface area contributed by atoms with E-state index in [4.69, 9.17) is 4.78 Å². The molecule has 2 aliphatic rings. The van der Waals surface area contributed by atoms with Crippen LogP contribution in [0.3, 0.4) is 0 Å². The van der Waals surface area contributed by atoms with E-state index in [-0.39, 0.29) is 0 Å². The van der Waals surface area contributed by atoms with Gasteiger partial charge in [-0.2, -0.15) is 0 Å². The molecule has 0 saturated heterocycles. The van der Waals surface area contributed by atoms with Crippen LogP contribution in [0, 0.1) is 11.7 Å². The first-order chi connectivity index (χ1) is 35.8. The SMILES string of the molecule is Cc1ccccc1-c1ccccc1Cc1ccc2c(c1)c1cc(-n3c4ccccc4c4ccccc43)ccc1n2-c1ccc2c(c1)Cc1cc3ccc(-c4ccc5c(c4)-c4ccccc4S5(=N)=O)cc3cc1C2. The number of rotatable bonds is 6. The minimum absolute atomic E-state index is 0.609. The monoisotopic (exact) mass is 953 g/mol. The highest BCUT2D eigenvalue weighted by Crippen LogP contribution is 2.46. The molecule has 73 heavy (non-hydrogen) atoms. The molecule has 346 valence electrons. The number of benzene rings is 11. The van der Waals surface area contributed by atoms with E-state index in [0.29, 0.717) is 9.79 Å². The van der Waals surface area contributed by atoms with E-state index in [2.05, 4.69) is 204 Å². The summed E-state index contributed by atoms with van der Waals surface area (Å²) in [4.78, 5) is 1.22. The summed E-state index contributed by atoms with van der Waals surface area (Å²) in [6.45, 7) is 2.21. The summed E-state index contributed by atoms with van der Waals surface area (Å²) in [5.74, 6) is 0. The van der Waals surface area contributed by atoms with Crippen molar-refractivity contribution in [2.24, 2.45) is 0 Å². The molecule has 1 aliphatic heterocycles. The Morgan fingerprint density at radius 2 is 0.973 bits per heavy atom. The van der Waals surface area contributed by atoms with Gasteiger partial charge in [-0.25, -0.2) is 8.99 Å². The molecule has 13 aromatic rings. The second kappa shape index (κ2) is 15.9. The van der Waals surface area contributed by atoms with E-state index in [1.165, 1.54) is 110 Å². The fraction of sp³-hybridized carbons (Fsp3) is 0.0588. The van der Waals surface area contributed by atoms with Gasteiger partial charge in [0, 0.05) is 44.0 Å². The molecule has 0 fully saturated rings. The predicted molar refractivity (Wildman–Crippen MR) is 302 cm³/mol. The van der Waals surface area contributed by atoms with Crippen molar-refractivity contribution in [1.29, 1.82) is 4.78 Å². The zero-order valence-electron chi connectivity index (χ0n) is 40.2. The molecule has 2 aromatic heterocycles. The van der Waals surface area contributed by atoms with Gasteiger partial charge in [0.25, 0.3) is 0 Å². The van der Waals surface area contributed by atoms with Gasteiger partial charge < -0.3 is 9.13 Å². The third kappa shape index (κ3) is 6.48. The molecule has 1 N–H and O–H groups in total. The van der Waals surface area contributed by atoms with Crippen LogP contribution in [0.4, 0.5) is 0 Å². The average Bonchev–Trinajstić information content (AvgIpc) is 4.02. The van der Waals surface area contributed by atoms with Gasteiger partial charge in [0.1, 0.15) is 9.73 Å². The molecule has 1 unspecified atom stereocenters. The van der Waals surface area contributed by atoms with E-state index in [0.717, 1.165) is 47.2 Å².